The van der Waals surface area contributed by atoms with E-state index in [1.165, 1.54) is 11.8 Å². The quantitative estimate of drug-likeness (QED) is 0.541. The van der Waals surface area contributed by atoms with Gasteiger partial charge in [-0.3, -0.25) is 0 Å². The van der Waals surface area contributed by atoms with Crippen LogP contribution in [0.4, 0.5) is 5.95 Å². The van der Waals surface area contributed by atoms with E-state index in [0.29, 0.717) is 16.5 Å². The number of nitrogens with two attached hydrogens (primary N) is 1. The fraction of sp³-hybridized carbons (Fsp3) is 0.238. The minimum Gasteiger partial charge on any atom is -0.497 e. The van der Waals surface area contributed by atoms with Crippen LogP contribution in [0, 0.1) is 6.92 Å². The van der Waals surface area contributed by atoms with Gasteiger partial charge in [0.15, 0.2) is 0 Å². The first-order valence-electron chi connectivity index (χ1n) is 8.93. The predicted octanol–water partition coefficient (Wildman–Crippen LogP) is 3.57. The maximum atomic E-state index is 8.91. The molecule has 2 aromatic carbocycles. The molecular weight excluding hydrogens is 390 g/mol. The SMILES string of the molecule is COc1ccc(OC)c(Sc2cc(-c3ccc(OCCO)cc3C)nc(N)n2)c1. The smallest absolute Gasteiger partial charge is 0.221 e. The molecule has 3 rings (SSSR count). The van der Waals surface area contributed by atoms with Gasteiger partial charge in [0.25, 0.3) is 0 Å². The summed E-state index contributed by atoms with van der Waals surface area (Å²) in [5.41, 5.74) is 8.60. The number of hydrogen-bond donors (Lipinski definition) is 2. The van der Waals surface area contributed by atoms with Crippen molar-refractivity contribution in [3.8, 4) is 28.5 Å². The molecule has 0 bridgehead atoms. The number of aliphatic hydroxyl groups excluding tert-OH is 1. The fourth-order valence-corrected chi connectivity index (χ4v) is 3.75. The van der Waals surface area contributed by atoms with Gasteiger partial charge in [-0.1, -0.05) is 11.8 Å². The zero-order valence-electron chi connectivity index (χ0n) is 16.5. The van der Waals surface area contributed by atoms with Crippen LogP contribution in [0.25, 0.3) is 11.3 Å². The largest absolute Gasteiger partial charge is 0.497 e. The highest BCUT2D eigenvalue weighted by atomic mass is 32.2. The van der Waals surface area contributed by atoms with Gasteiger partial charge < -0.3 is 25.1 Å². The van der Waals surface area contributed by atoms with Crippen LogP contribution < -0.4 is 19.9 Å². The molecule has 29 heavy (non-hydrogen) atoms. The third-order valence-corrected chi connectivity index (χ3v) is 5.10. The van der Waals surface area contributed by atoms with Crippen molar-refractivity contribution >= 4 is 17.7 Å². The first-order valence-corrected chi connectivity index (χ1v) is 9.75. The predicted molar refractivity (Wildman–Crippen MR) is 113 cm³/mol. The van der Waals surface area contributed by atoms with Crippen LogP contribution in [0.1, 0.15) is 5.56 Å². The van der Waals surface area contributed by atoms with Crippen LogP contribution in [0.3, 0.4) is 0 Å². The van der Waals surface area contributed by atoms with E-state index in [0.717, 1.165) is 27.5 Å². The normalized spacial score (nSPS) is 10.6. The maximum Gasteiger partial charge on any atom is 0.221 e. The number of aromatic nitrogens is 2. The molecule has 0 aliphatic heterocycles. The number of aryl methyl sites for hydroxylation is 1. The lowest BCUT2D eigenvalue weighted by Gasteiger charge is -2.12. The Morgan fingerprint density at radius 1 is 1.00 bits per heavy atom. The highest BCUT2D eigenvalue weighted by molar-refractivity contribution is 7.99. The molecule has 8 heteroatoms. The lowest BCUT2D eigenvalue weighted by molar-refractivity contribution is 0.201. The molecule has 7 nitrogen and oxygen atoms in total. The van der Waals surface area contributed by atoms with E-state index in [4.69, 9.17) is 25.1 Å². The summed E-state index contributed by atoms with van der Waals surface area (Å²) >= 11 is 1.42. The summed E-state index contributed by atoms with van der Waals surface area (Å²) in [6, 6.07) is 13.1. The van der Waals surface area contributed by atoms with Gasteiger partial charge in [0.1, 0.15) is 28.9 Å². The van der Waals surface area contributed by atoms with E-state index in [-0.39, 0.29) is 19.2 Å². The zero-order valence-corrected chi connectivity index (χ0v) is 17.3. The fourth-order valence-electron chi connectivity index (χ4n) is 2.79. The van der Waals surface area contributed by atoms with E-state index in [1.807, 2.05) is 49.4 Å². The lowest BCUT2D eigenvalue weighted by atomic mass is 10.1. The van der Waals surface area contributed by atoms with Crippen LogP contribution in [0.2, 0.25) is 0 Å². The van der Waals surface area contributed by atoms with Crippen LogP contribution in [-0.4, -0.2) is 42.5 Å². The Hall–Kier alpha value is -2.97. The molecule has 152 valence electrons. The average molecular weight is 413 g/mol. The first kappa shape index (κ1) is 20.8. The molecular formula is C21H23N3O4S. The minimum absolute atomic E-state index is 0.0302. The Morgan fingerprint density at radius 3 is 2.48 bits per heavy atom. The van der Waals surface area contributed by atoms with Crippen molar-refractivity contribution in [2.45, 2.75) is 16.8 Å². The molecule has 0 spiro atoms. The second kappa shape index (κ2) is 9.49. The number of benzene rings is 2. The first-order chi connectivity index (χ1) is 14.0. The van der Waals surface area contributed by atoms with E-state index >= 15 is 0 Å². The summed E-state index contributed by atoms with van der Waals surface area (Å²) < 4.78 is 16.2. The van der Waals surface area contributed by atoms with Gasteiger partial charge in [0.05, 0.1) is 31.4 Å². The van der Waals surface area contributed by atoms with E-state index < -0.39 is 0 Å². The molecule has 3 aromatic rings. The number of hydrogen-bond acceptors (Lipinski definition) is 8. The Bertz CT molecular complexity index is 998. The molecule has 1 aromatic heterocycles. The van der Waals surface area contributed by atoms with E-state index in [1.54, 1.807) is 14.2 Å². The number of nitrogen functional groups attached to an aromatic ring is 1. The summed E-state index contributed by atoms with van der Waals surface area (Å²) in [6.45, 7) is 2.19. The number of anilines is 1. The van der Waals surface area contributed by atoms with E-state index in [9.17, 15) is 0 Å². The zero-order chi connectivity index (χ0) is 20.8. The Kier molecular flexibility index (Phi) is 6.79. The molecule has 0 amide bonds. The van der Waals surface area contributed by atoms with Crippen LogP contribution >= 0.6 is 11.8 Å². The monoisotopic (exact) mass is 413 g/mol. The van der Waals surface area contributed by atoms with Crippen LogP contribution in [0.5, 0.6) is 17.2 Å². The topological polar surface area (TPSA) is 99.7 Å². The summed E-state index contributed by atoms with van der Waals surface area (Å²) in [7, 11) is 3.24. The van der Waals surface area contributed by atoms with Gasteiger partial charge in [0, 0.05) is 5.56 Å². The highest BCUT2D eigenvalue weighted by Gasteiger charge is 2.13. The summed E-state index contributed by atoms with van der Waals surface area (Å²) in [6.07, 6.45) is 0. The molecule has 1 heterocycles. The van der Waals surface area contributed by atoms with Crippen molar-refractivity contribution in [2.24, 2.45) is 0 Å². The van der Waals surface area contributed by atoms with Crippen molar-refractivity contribution < 1.29 is 19.3 Å². The van der Waals surface area contributed by atoms with E-state index in [2.05, 4.69) is 9.97 Å². The van der Waals surface area contributed by atoms with Crippen molar-refractivity contribution in [1.29, 1.82) is 0 Å². The molecule has 0 radical (unpaired) electrons. The third kappa shape index (κ3) is 5.10. The summed E-state index contributed by atoms with van der Waals surface area (Å²) in [5, 5.41) is 9.60. The Morgan fingerprint density at radius 2 is 1.79 bits per heavy atom. The molecule has 0 aliphatic rings. The number of aliphatic hydroxyl groups is 1. The Balaban J connectivity index is 1.93. The molecule has 0 atom stereocenters. The van der Waals surface area contributed by atoms with Crippen LogP contribution in [0.15, 0.2) is 52.4 Å². The minimum atomic E-state index is -0.0302. The number of methoxy groups -OCH3 is 2. The lowest BCUT2D eigenvalue weighted by Crippen LogP contribution is -2.02. The standard InChI is InChI=1S/C21H23N3O4S/c1-13-10-15(28-9-8-25)4-6-16(13)17-12-20(24-21(22)23-17)29-19-11-14(26-2)5-7-18(19)27-3/h4-7,10-12,25H,8-9H2,1-3H3,(H2,22,23,24). The molecule has 0 saturated heterocycles. The second-order valence-corrected chi connectivity index (χ2v) is 7.18. The van der Waals surface area contributed by atoms with Crippen LogP contribution in [-0.2, 0) is 0 Å². The van der Waals surface area contributed by atoms with Gasteiger partial charge in [-0.2, -0.15) is 0 Å². The summed E-state index contributed by atoms with van der Waals surface area (Å²) in [5.74, 6) is 2.32. The van der Waals surface area contributed by atoms with Crippen molar-refractivity contribution in [2.75, 3.05) is 33.2 Å². The van der Waals surface area contributed by atoms with Gasteiger partial charge in [-0.25, -0.2) is 9.97 Å². The van der Waals surface area contributed by atoms with Crippen molar-refractivity contribution in [1.82, 2.24) is 9.97 Å². The molecule has 0 aliphatic carbocycles. The number of nitrogens with zero attached hydrogens (tertiary/aromatic N) is 2. The van der Waals surface area contributed by atoms with Gasteiger partial charge in [-0.15, -0.1) is 0 Å². The molecule has 0 unspecified atom stereocenters. The van der Waals surface area contributed by atoms with Crippen molar-refractivity contribution in [3.05, 3.63) is 48.0 Å². The average Bonchev–Trinajstić information content (AvgIpc) is 2.71. The molecule has 0 saturated carbocycles. The number of rotatable bonds is 8. The van der Waals surface area contributed by atoms with Gasteiger partial charge >= 0.3 is 0 Å². The second-order valence-electron chi connectivity index (χ2n) is 6.12. The third-order valence-electron chi connectivity index (χ3n) is 4.14. The Labute approximate surface area is 173 Å². The summed E-state index contributed by atoms with van der Waals surface area (Å²) in [4.78, 5) is 9.61. The molecule has 0 fully saturated rings. The number of ether oxygens (including phenoxy) is 3. The highest BCUT2D eigenvalue weighted by Crippen LogP contribution is 2.38. The van der Waals surface area contributed by atoms with Gasteiger partial charge in [-0.05, 0) is 55.0 Å². The van der Waals surface area contributed by atoms with Crippen molar-refractivity contribution in [3.63, 3.8) is 0 Å². The van der Waals surface area contributed by atoms with Gasteiger partial charge in [0.2, 0.25) is 5.95 Å². The molecule has 3 N–H and O–H groups in total. The maximum absolute atomic E-state index is 8.91.